The van der Waals surface area contributed by atoms with Crippen molar-refractivity contribution in [3.63, 3.8) is 0 Å². The molecule has 0 aliphatic heterocycles. The lowest BCUT2D eigenvalue weighted by Gasteiger charge is -2.11. The molecule has 22 nitrogen and oxygen atoms in total. The van der Waals surface area contributed by atoms with Gasteiger partial charge in [-0.05, 0) is 177 Å². The average molecular weight is 1240 g/mol. The summed E-state index contributed by atoms with van der Waals surface area (Å²) in [5.41, 5.74) is 7.83. The molecule has 0 unspecified atom stereocenters. The van der Waals surface area contributed by atoms with Gasteiger partial charge >= 0.3 is 0 Å². The minimum atomic E-state index is 0.431. The van der Waals surface area contributed by atoms with E-state index in [0.29, 0.717) is 122 Å². The van der Waals surface area contributed by atoms with Gasteiger partial charge < -0.3 is 51.3 Å². The lowest BCUT2D eigenvalue weighted by atomic mass is 10.1. The van der Waals surface area contributed by atoms with Crippen LogP contribution in [0.15, 0.2) is 197 Å². The predicted octanol–water partition coefficient (Wildman–Crippen LogP) is 15.3. The maximum Gasteiger partial charge on any atom is 0.248 e. The van der Waals surface area contributed by atoms with Gasteiger partial charge in [-0.3, -0.25) is 25.0 Å². The summed E-state index contributed by atoms with van der Waals surface area (Å²) in [5.74, 6) is 9.75. The van der Waals surface area contributed by atoms with Crippen molar-refractivity contribution in [2.24, 2.45) is 0 Å². The van der Waals surface area contributed by atoms with E-state index >= 15 is 0 Å². The molecule has 1 N–H and O–H groups in total. The summed E-state index contributed by atoms with van der Waals surface area (Å²) in [7, 11) is 0. The van der Waals surface area contributed by atoms with Crippen molar-refractivity contribution in [2.75, 3.05) is 52.9 Å². The Labute approximate surface area is 533 Å². The molecular weight excluding hydrogens is 1170 g/mol. The molecule has 0 radical (unpaired) electrons. The van der Waals surface area contributed by atoms with Crippen LogP contribution in [0.1, 0.15) is 55.4 Å². The fourth-order valence-corrected chi connectivity index (χ4v) is 8.87. The Morgan fingerprint density at radius 1 is 0.337 bits per heavy atom. The SMILES string of the molecule is CCOc1ccc(-c2cc(-c3ccncc3)no2)cc1OCC.CCOc1ccc(-c2n[nH]c(-c3ccncc3)n2)cc1OCC.CCOc1ccc(-c2ncc(-c3ccncc3)o2)cc1OCC.CCOc1ccc(-c2nnc(-c3ccncc3)o2)cc1OCC. The van der Waals surface area contributed by atoms with Crippen LogP contribution in [0.4, 0.5) is 0 Å². The van der Waals surface area contributed by atoms with E-state index < -0.39 is 0 Å². The lowest BCUT2D eigenvalue weighted by Crippen LogP contribution is -1.98. The number of H-pyrrole nitrogens is 1. The molecule has 8 heterocycles. The summed E-state index contributed by atoms with van der Waals surface area (Å²) in [6.07, 6.45) is 15.4. The minimum absolute atomic E-state index is 0.431. The number of rotatable bonds is 24. The van der Waals surface area contributed by atoms with Gasteiger partial charge in [0, 0.05) is 100 Å². The highest BCUT2D eigenvalue weighted by atomic mass is 16.5. The van der Waals surface area contributed by atoms with Crippen molar-refractivity contribution in [2.45, 2.75) is 55.4 Å². The van der Waals surface area contributed by atoms with E-state index in [0.717, 1.165) is 67.5 Å². The third-order valence-corrected chi connectivity index (χ3v) is 13.0. The van der Waals surface area contributed by atoms with Gasteiger partial charge in [-0.25, -0.2) is 9.97 Å². The van der Waals surface area contributed by atoms with Crippen LogP contribution < -0.4 is 37.9 Å². The summed E-state index contributed by atoms with van der Waals surface area (Å²) in [4.78, 5) is 24.9. The number of hydrogen-bond donors (Lipinski definition) is 1. The van der Waals surface area contributed by atoms with Crippen LogP contribution in [0.2, 0.25) is 0 Å². The third-order valence-electron chi connectivity index (χ3n) is 13.0. The minimum Gasteiger partial charge on any atom is -0.490 e. The second-order valence-electron chi connectivity index (χ2n) is 19.1. The molecule has 12 rings (SSSR count). The molecule has 0 amide bonds. The van der Waals surface area contributed by atoms with Crippen molar-refractivity contribution in [1.29, 1.82) is 0 Å². The molecule has 4 aromatic carbocycles. The molecule has 0 aliphatic rings. The number of hydrogen-bond acceptors (Lipinski definition) is 21. The Morgan fingerprint density at radius 2 is 0.717 bits per heavy atom. The first-order valence-electron chi connectivity index (χ1n) is 30.2. The number of oxazole rings is 1. The topological polar surface area (TPSA) is 258 Å². The maximum absolute atomic E-state index is 5.85. The fraction of sp³-hybridized carbons (Fsp3) is 0.229. The van der Waals surface area contributed by atoms with E-state index in [1.165, 1.54) is 0 Å². The maximum atomic E-state index is 5.85. The molecule has 472 valence electrons. The van der Waals surface area contributed by atoms with Crippen molar-refractivity contribution in [3.8, 4) is 137 Å². The van der Waals surface area contributed by atoms with Crippen LogP contribution >= 0.6 is 0 Å². The number of aromatic amines is 1. The fourth-order valence-electron chi connectivity index (χ4n) is 8.87. The smallest absolute Gasteiger partial charge is 0.248 e. The van der Waals surface area contributed by atoms with Crippen molar-refractivity contribution in [1.82, 2.24) is 55.5 Å². The predicted molar refractivity (Wildman–Crippen MR) is 348 cm³/mol. The number of benzene rings is 4. The van der Waals surface area contributed by atoms with Crippen LogP contribution in [-0.4, -0.2) is 108 Å². The monoisotopic (exact) mass is 1240 g/mol. The van der Waals surface area contributed by atoms with E-state index in [2.05, 4.69) is 55.5 Å². The summed E-state index contributed by atoms with van der Waals surface area (Å²) < 4.78 is 61.9. The standard InChI is InChI=1S/2C18H18N2O3.C17H18N4O2.C17H17N3O3/c1-3-21-16-6-5-14(11-18(16)22-4-2)17-12-15(20-23-17)13-7-9-19-10-8-13;1-3-21-15-6-5-14(11-16(15)22-4-2)18-20-12-17(23-18)13-7-9-19-10-8-13;1-3-22-14-6-5-13(11-15(14)23-4-2)17-19-16(20-21-17)12-7-9-18-10-8-12;1-3-21-14-6-5-13(11-15(14)22-4-2)17-20-19-16(23-17)12-7-9-18-10-8-12/h2*5-12H,3-4H2,1-2H3;5-11H,3-4H2,1-2H3,(H,19,20,21);5-11H,3-4H2,1-2H3. The number of nitrogens with zero attached hydrogens (tertiary/aromatic N) is 10. The largest absolute Gasteiger partial charge is 0.490 e. The van der Waals surface area contributed by atoms with Gasteiger partial charge in [0.05, 0.1) is 59.1 Å². The molecule has 0 spiro atoms. The van der Waals surface area contributed by atoms with Gasteiger partial charge in [0.15, 0.2) is 69.2 Å². The van der Waals surface area contributed by atoms with E-state index in [9.17, 15) is 0 Å². The molecular formula is C70H71N11O11. The Kier molecular flexibility index (Phi) is 23.9. The molecule has 12 aromatic rings. The van der Waals surface area contributed by atoms with Gasteiger partial charge in [0.2, 0.25) is 17.7 Å². The Balaban J connectivity index is 0.000000145. The Hall–Kier alpha value is -11.4. The molecule has 8 aromatic heterocycles. The molecule has 0 saturated heterocycles. The average Bonchev–Trinajstić information content (AvgIpc) is 1.96. The zero-order chi connectivity index (χ0) is 64.3. The molecule has 22 heteroatoms. The number of nitrogens with one attached hydrogen (secondary N) is 1. The molecule has 92 heavy (non-hydrogen) atoms. The first kappa shape index (κ1) is 65.0. The second-order valence-corrected chi connectivity index (χ2v) is 19.1. The van der Waals surface area contributed by atoms with Gasteiger partial charge in [-0.2, -0.15) is 5.10 Å². The molecule has 0 fully saturated rings. The normalized spacial score (nSPS) is 10.5. The van der Waals surface area contributed by atoms with Gasteiger partial charge in [-0.15, -0.1) is 10.2 Å². The van der Waals surface area contributed by atoms with Gasteiger partial charge in [0.1, 0.15) is 5.69 Å². The highest BCUT2D eigenvalue weighted by molar-refractivity contribution is 5.70. The van der Waals surface area contributed by atoms with Crippen LogP contribution in [0.5, 0.6) is 46.0 Å². The van der Waals surface area contributed by atoms with Gasteiger partial charge in [-0.1, -0.05) is 5.16 Å². The first-order chi connectivity index (χ1) is 45.3. The van der Waals surface area contributed by atoms with Crippen LogP contribution in [-0.2, 0) is 0 Å². The summed E-state index contributed by atoms with van der Waals surface area (Å²) in [5, 5.41) is 19.5. The van der Waals surface area contributed by atoms with E-state index in [-0.39, 0.29) is 0 Å². The van der Waals surface area contributed by atoms with E-state index in [1.807, 2.05) is 183 Å². The van der Waals surface area contributed by atoms with E-state index in [1.54, 1.807) is 55.8 Å². The zero-order valence-corrected chi connectivity index (χ0v) is 52.4. The lowest BCUT2D eigenvalue weighted by molar-refractivity contribution is 0.288. The first-order valence-corrected chi connectivity index (χ1v) is 30.2. The zero-order valence-electron chi connectivity index (χ0n) is 52.4. The molecule has 0 saturated carbocycles. The van der Waals surface area contributed by atoms with Crippen LogP contribution in [0, 0.1) is 0 Å². The van der Waals surface area contributed by atoms with Crippen LogP contribution in [0.3, 0.4) is 0 Å². The molecule has 0 aliphatic carbocycles. The second kappa shape index (κ2) is 33.8. The Bertz CT molecular complexity index is 3610. The number of ether oxygens (including phenoxy) is 8. The summed E-state index contributed by atoms with van der Waals surface area (Å²) in [6, 6.07) is 39.5. The highest BCUT2D eigenvalue weighted by Crippen LogP contribution is 2.38. The summed E-state index contributed by atoms with van der Waals surface area (Å²) in [6.45, 7) is 20.1. The van der Waals surface area contributed by atoms with Crippen LogP contribution in [0.25, 0.3) is 91.0 Å². The number of pyridine rings is 4. The van der Waals surface area contributed by atoms with Crippen molar-refractivity contribution < 1.29 is 51.3 Å². The molecule has 0 bridgehead atoms. The van der Waals surface area contributed by atoms with Gasteiger partial charge in [0.25, 0.3) is 0 Å². The van der Waals surface area contributed by atoms with Crippen molar-refractivity contribution >= 4 is 0 Å². The summed E-state index contributed by atoms with van der Waals surface area (Å²) >= 11 is 0. The Morgan fingerprint density at radius 3 is 1.20 bits per heavy atom. The highest BCUT2D eigenvalue weighted by Gasteiger charge is 2.18. The quantitative estimate of drug-likeness (QED) is 0.0589. The third kappa shape index (κ3) is 17.5. The van der Waals surface area contributed by atoms with E-state index in [4.69, 9.17) is 51.3 Å². The van der Waals surface area contributed by atoms with Crippen molar-refractivity contribution in [3.05, 3.63) is 183 Å². The molecule has 0 atom stereocenters. The number of aromatic nitrogens is 11.